The molecule has 0 spiro atoms. The summed E-state index contributed by atoms with van der Waals surface area (Å²) < 4.78 is 7.18. The van der Waals surface area contributed by atoms with E-state index >= 15 is 0 Å². The Morgan fingerprint density at radius 3 is 2.53 bits per heavy atom. The van der Waals surface area contributed by atoms with Gasteiger partial charge in [-0.3, -0.25) is 4.79 Å². The van der Waals surface area contributed by atoms with Gasteiger partial charge in [-0.1, -0.05) is 0 Å². The van der Waals surface area contributed by atoms with E-state index in [0.717, 1.165) is 10.7 Å². The maximum absolute atomic E-state index is 12.1. The molecule has 0 aromatic heterocycles. The van der Waals surface area contributed by atoms with Gasteiger partial charge in [0.05, 0.1) is 19.3 Å². The number of benzene rings is 1. The Hall–Kier alpha value is 0.310. The second-order valence-corrected chi connectivity index (χ2v) is 6.97. The van der Waals surface area contributed by atoms with Crippen molar-refractivity contribution in [2.24, 2.45) is 0 Å². The van der Waals surface area contributed by atoms with Crippen LogP contribution in [0.15, 0.2) is 12.1 Å². The SMILES string of the molecule is COC(=O)C(CO)NC(=O)c1cc(I)cc(I)c1I. The van der Waals surface area contributed by atoms with Gasteiger partial charge in [-0.15, -0.1) is 0 Å². The highest BCUT2D eigenvalue weighted by atomic mass is 127. The number of nitrogens with one attached hydrogen (secondary N) is 1. The molecule has 0 bridgehead atoms. The van der Waals surface area contributed by atoms with Gasteiger partial charge in [0.2, 0.25) is 0 Å². The van der Waals surface area contributed by atoms with E-state index in [1.807, 2.05) is 6.07 Å². The summed E-state index contributed by atoms with van der Waals surface area (Å²) in [5.41, 5.74) is 0.472. The Morgan fingerprint density at radius 2 is 2.00 bits per heavy atom. The fourth-order valence-electron chi connectivity index (χ4n) is 1.28. The summed E-state index contributed by atoms with van der Waals surface area (Å²) in [6.07, 6.45) is 0. The zero-order chi connectivity index (χ0) is 14.6. The third-order valence-electron chi connectivity index (χ3n) is 2.21. The van der Waals surface area contributed by atoms with E-state index in [9.17, 15) is 9.59 Å². The van der Waals surface area contributed by atoms with E-state index in [0.29, 0.717) is 5.56 Å². The molecule has 0 aliphatic carbocycles. The second kappa shape index (κ2) is 7.93. The lowest BCUT2D eigenvalue weighted by Gasteiger charge is -2.15. The summed E-state index contributed by atoms with van der Waals surface area (Å²) in [7, 11) is 1.20. The topological polar surface area (TPSA) is 75.6 Å². The lowest BCUT2D eigenvalue weighted by molar-refractivity contribution is -0.143. The molecule has 1 atom stereocenters. The van der Waals surface area contributed by atoms with Crippen molar-refractivity contribution in [1.29, 1.82) is 0 Å². The normalized spacial score (nSPS) is 11.8. The number of ether oxygens (including phenoxy) is 1. The van der Waals surface area contributed by atoms with Crippen LogP contribution in [0, 0.1) is 10.7 Å². The molecule has 0 saturated carbocycles. The van der Waals surface area contributed by atoms with Gasteiger partial charge in [0.25, 0.3) is 5.91 Å². The number of methoxy groups -OCH3 is 1. The minimum Gasteiger partial charge on any atom is -0.467 e. The quantitative estimate of drug-likeness (QED) is 0.314. The maximum Gasteiger partial charge on any atom is 0.330 e. The summed E-state index contributed by atoms with van der Waals surface area (Å²) in [6.45, 7) is -0.504. The Balaban J connectivity index is 2.98. The van der Waals surface area contributed by atoms with Crippen LogP contribution in [0.1, 0.15) is 10.4 Å². The first-order chi connectivity index (χ1) is 8.90. The fourth-order valence-corrected chi connectivity index (χ4v) is 3.68. The summed E-state index contributed by atoms with van der Waals surface area (Å²) in [5, 5.41) is 11.5. The summed E-state index contributed by atoms with van der Waals surface area (Å²) in [4.78, 5) is 23.4. The molecule has 1 amide bonds. The maximum atomic E-state index is 12.1. The monoisotopic (exact) mass is 601 g/mol. The number of esters is 1. The Bertz CT molecular complexity index is 507. The molecular weight excluding hydrogens is 591 g/mol. The Labute approximate surface area is 151 Å². The van der Waals surface area contributed by atoms with Crippen molar-refractivity contribution in [3.63, 3.8) is 0 Å². The van der Waals surface area contributed by atoms with Crippen molar-refractivity contribution in [1.82, 2.24) is 5.32 Å². The zero-order valence-electron chi connectivity index (χ0n) is 9.75. The molecule has 1 aromatic rings. The van der Waals surface area contributed by atoms with Crippen molar-refractivity contribution in [3.05, 3.63) is 28.4 Å². The highest BCUT2D eigenvalue weighted by Crippen LogP contribution is 2.22. The molecule has 0 aliphatic heterocycles. The van der Waals surface area contributed by atoms with E-state index in [1.165, 1.54) is 7.11 Å². The van der Waals surface area contributed by atoms with Crippen molar-refractivity contribution in [2.45, 2.75) is 6.04 Å². The van der Waals surface area contributed by atoms with E-state index in [-0.39, 0.29) is 0 Å². The molecule has 0 fully saturated rings. The van der Waals surface area contributed by atoms with E-state index in [2.05, 4.69) is 77.8 Å². The van der Waals surface area contributed by atoms with Gasteiger partial charge in [0.1, 0.15) is 0 Å². The molecule has 0 heterocycles. The van der Waals surface area contributed by atoms with Crippen LogP contribution in [0.5, 0.6) is 0 Å². The zero-order valence-corrected chi connectivity index (χ0v) is 16.2. The molecule has 0 saturated heterocycles. The molecule has 0 radical (unpaired) electrons. The number of hydrogen-bond acceptors (Lipinski definition) is 4. The van der Waals surface area contributed by atoms with Crippen LogP contribution in [0.25, 0.3) is 0 Å². The molecule has 0 aliphatic rings. The highest BCUT2D eigenvalue weighted by Gasteiger charge is 2.23. The lowest BCUT2D eigenvalue weighted by atomic mass is 10.2. The van der Waals surface area contributed by atoms with Crippen LogP contribution in [-0.2, 0) is 9.53 Å². The predicted octanol–water partition coefficient (Wildman–Crippen LogP) is 1.76. The average Bonchev–Trinajstić information content (AvgIpc) is 2.38. The summed E-state index contributed by atoms with van der Waals surface area (Å²) >= 11 is 6.33. The Morgan fingerprint density at radius 1 is 1.37 bits per heavy atom. The average molecular weight is 601 g/mol. The van der Waals surface area contributed by atoms with Gasteiger partial charge in [-0.05, 0) is 79.9 Å². The smallest absolute Gasteiger partial charge is 0.330 e. The van der Waals surface area contributed by atoms with Crippen LogP contribution < -0.4 is 5.32 Å². The van der Waals surface area contributed by atoms with Crippen molar-refractivity contribution in [3.8, 4) is 0 Å². The van der Waals surface area contributed by atoms with E-state index < -0.39 is 24.5 Å². The van der Waals surface area contributed by atoms with Crippen molar-refractivity contribution >= 4 is 79.6 Å². The van der Waals surface area contributed by atoms with Crippen LogP contribution in [0.2, 0.25) is 0 Å². The number of rotatable bonds is 4. The lowest BCUT2D eigenvalue weighted by Crippen LogP contribution is -2.44. The first-order valence-electron chi connectivity index (χ1n) is 5.04. The predicted molar refractivity (Wildman–Crippen MR) is 94.9 cm³/mol. The van der Waals surface area contributed by atoms with Gasteiger partial charge in [-0.25, -0.2) is 4.79 Å². The largest absolute Gasteiger partial charge is 0.467 e. The number of hydrogen-bond donors (Lipinski definition) is 2. The number of carbonyl (C=O) groups excluding carboxylic acids is 2. The molecule has 1 rings (SSSR count). The third-order valence-corrected chi connectivity index (χ3v) is 5.88. The van der Waals surface area contributed by atoms with Crippen LogP contribution in [-0.4, -0.2) is 36.7 Å². The Kier molecular flexibility index (Phi) is 7.24. The van der Waals surface area contributed by atoms with Crippen molar-refractivity contribution < 1.29 is 19.4 Å². The van der Waals surface area contributed by atoms with Crippen LogP contribution >= 0.6 is 67.8 Å². The molecule has 2 N–H and O–H groups in total. The number of aliphatic hydroxyl groups excluding tert-OH is 1. The summed E-state index contributed by atoms with van der Waals surface area (Å²) in [6, 6.07) is 2.62. The first kappa shape index (κ1) is 17.4. The molecule has 1 unspecified atom stereocenters. The fraction of sp³-hybridized carbons (Fsp3) is 0.273. The van der Waals surface area contributed by atoms with Gasteiger partial charge in [-0.2, -0.15) is 0 Å². The standard InChI is InChI=1S/C11H10I3NO4/c1-19-11(18)8(4-16)15-10(17)6-2-5(12)3-7(13)9(6)14/h2-3,8,16H,4H2,1H3,(H,15,17). The van der Waals surface area contributed by atoms with Gasteiger partial charge >= 0.3 is 5.97 Å². The highest BCUT2D eigenvalue weighted by molar-refractivity contribution is 14.1. The molecule has 1 aromatic carbocycles. The number of aliphatic hydroxyl groups is 1. The van der Waals surface area contributed by atoms with E-state index in [1.54, 1.807) is 6.07 Å². The van der Waals surface area contributed by atoms with E-state index in [4.69, 9.17) is 5.11 Å². The van der Waals surface area contributed by atoms with Crippen LogP contribution in [0.4, 0.5) is 0 Å². The molecular formula is C11H10I3NO4. The molecule has 8 heteroatoms. The third kappa shape index (κ3) is 4.67. The summed E-state index contributed by atoms with van der Waals surface area (Å²) in [5.74, 6) is -1.09. The van der Waals surface area contributed by atoms with Crippen LogP contribution in [0.3, 0.4) is 0 Å². The first-order valence-corrected chi connectivity index (χ1v) is 8.28. The van der Waals surface area contributed by atoms with Gasteiger partial charge in [0, 0.05) is 10.7 Å². The molecule has 19 heavy (non-hydrogen) atoms. The minimum absolute atomic E-state index is 0.412. The minimum atomic E-state index is -1.05. The second-order valence-electron chi connectivity index (χ2n) is 3.48. The number of amides is 1. The van der Waals surface area contributed by atoms with Gasteiger partial charge in [0.15, 0.2) is 6.04 Å². The molecule has 5 nitrogen and oxygen atoms in total. The van der Waals surface area contributed by atoms with Crippen molar-refractivity contribution in [2.75, 3.05) is 13.7 Å². The van der Waals surface area contributed by atoms with Gasteiger partial charge < -0.3 is 15.2 Å². The number of halogens is 3. The molecule has 104 valence electrons. The number of carbonyl (C=O) groups is 2.